The van der Waals surface area contributed by atoms with Crippen molar-refractivity contribution in [2.75, 3.05) is 20.3 Å². The van der Waals surface area contributed by atoms with Gasteiger partial charge in [0.25, 0.3) is 0 Å². The molecule has 0 bridgehead atoms. The van der Waals surface area contributed by atoms with Crippen molar-refractivity contribution in [3.63, 3.8) is 0 Å². The SMILES string of the molecule is CCCNC(CCCOC)c1cc(Cl)ccc1C. The maximum atomic E-state index is 6.10. The van der Waals surface area contributed by atoms with Crippen molar-refractivity contribution in [1.29, 1.82) is 0 Å². The largest absolute Gasteiger partial charge is 0.385 e. The molecule has 0 heterocycles. The molecule has 0 saturated heterocycles. The molecule has 2 nitrogen and oxygen atoms in total. The number of hydrogen-bond acceptors (Lipinski definition) is 2. The van der Waals surface area contributed by atoms with Crippen LogP contribution in [0.3, 0.4) is 0 Å². The number of halogens is 1. The zero-order chi connectivity index (χ0) is 13.4. The molecule has 3 heteroatoms. The average Bonchev–Trinajstić information content (AvgIpc) is 2.37. The van der Waals surface area contributed by atoms with E-state index < -0.39 is 0 Å². The van der Waals surface area contributed by atoms with Crippen LogP contribution < -0.4 is 5.32 Å². The Morgan fingerprint density at radius 1 is 1.39 bits per heavy atom. The highest BCUT2D eigenvalue weighted by atomic mass is 35.5. The second-order valence-corrected chi connectivity index (χ2v) is 5.08. The summed E-state index contributed by atoms with van der Waals surface area (Å²) in [5, 5.41) is 4.41. The van der Waals surface area contributed by atoms with Gasteiger partial charge >= 0.3 is 0 Å². The van der Waals surface area contributed by atoms with Gasteiger partial charge in [-0.1, -0.05) is 24.6 Å². The maximum Gasteiger partial charge on any atom is 0.0462 e. The molecule has 0 aliphatic carbocycles. The number of aryl methyl sites for hydroxylation is 1. The number of hydrogen-bond donors (Lipinski definition) is 1. The van der Waals surface area contributed by atoms with Crippen LogP contribution in [0.2, 0.25) is 5.02 Å². The Balaban J connectivity index is 2.75. The molecule has 0 fully saturated rings. The van der Waals surface area contributed by atoms with Crippen molar-refractivity contribution >= 4 is 11.6 Å². The van der Waals surface area contributed by atoms with Crippen LogP contribution in [0.5, 0.6) is 0 Å². The molecule has 0 aromatic heterocycles. The first kappa shape index (κ1) is 15.5. The molecule has 1 rings (SSSR count). The molecule has 0 amide bonds. The third kappa shape index (κ3) is 4.97. The number of benzene rings is 1. The van der Waals surface area contributed by atoms with Crippen molar-refractivity contribution in [1.82, 2.24) is 5.32 Å². The van der Waals surface area contributed by atoms with Gasteiger partial charge in [-0.25, -0.2) is 0 Å². The van der Waals surface area contributed by atoms with Crippen LogP contribution in [-0.4, -0.2) is 20.3 Å². The molecule has 0 radical (unpaired) electrons. The highest BCUT2D eigenvalue weighted by Gasteiger charge is 2.13. The minimum Gasteiger partial charge on any atom is -0.385 e. The molecule has 1 atom stereocenters. The standard InChI is InChI=1S/C15H24ClNO/c1-4-9-17-15(6-5-10-18-3)14-11-13(16)8-7-12(14)2/h7-8,11,15,17H,4-6,9-10H2,1-3H3. The first-order chi connectivity index (χ1) is 8.69. The van der Waals surface area contributed by atoms with Gasteiger partial charge in [-0.2, -0.15) is 0 Å². The summed E-state index contributed by atoms with van der Waals surface area (Å²) in [5.41, 5.74) is 2.61. The van der Waals surface area contributed by atoms with Crippen LogP contribution in [0, 0.1) is 6.92 Å². The summed E-state index contributed by atoms with van der Waals surface area (Å²) in [5.74, 6) is 0. The molecule has 1 unspecified atom stereocenters. The van der Waals surface area contributed by atoms with Crippen LogP contribution in [0.4, 0.5) is 0 Å². The first-order valence-electron chi connectivity index (χ1n) is 6.67. The summed E-state index contributed by atoms with van der Waals surface area (Å²) < 4.78 is 5.13. The number of methoxy groups -OCH3 is 1. The van der Waals surface area contributed by atoms with E-state index in [1.54, 1.807) is 7.11 Å². The number of ether oxygens (including phenoxy) is 1. The van der Waals surface area contributed by atoms with Crippen LogP contribution in [0.15, 0.2) is 18.2 Å². The van der Waals surface area contributed by atoms with E-state index >= 15 is 0 Å². The second-order valence-electron chi connectivity index (χ2n) is 4.64. The van der Waals surface area contributed by atoms with Gasteiger partial charge in [0, 0.05) is 24.8 Å². The molecular weight excluding hydrogens is 246 g/mol. The van der Waals surface area contributed by atoms with Gasteiger partial charge in [-0.3, -0.25) is 0 Å². The van der Waals surface area contributed by atoms with Gasteiger partial charge in [0.15, 0.2) is 0 Å². The Labute approximate surface area is 116 Å². The minimum atomic E-state index is 0.374. The predicted molar refractivity (Wildman–Crippen MR) is 78.3 cm³/mol. The van der Waals surface area contributed by atoms with Gasteiger partial charge < -0.3 is 10.1 Å². The highest BCUT2D eigenvalue weighted by molar-refractivity contribution is 6.30. The molecule has 0 aliphatic heterocycles. The smallest absolute Gasteiger partial charge is 0.0462 e. The Bertz CT molecular complexity index is 354. The average molecular weight is 270 g/mol. The summed E-state index contributed by atoms with van der Waals surface area (Å²) in [7, 11) is 1.75. The lowest BCUT2D eigenvalue weighted by molar-refractivity contribution is 0.188. The van der Waals surface area contributed by atoms with Gasteiger partial charge in [0.05, 0.1) is 0 Å². The van der Waals surface area contributed by atoms with E-state index in [0.29, 0.717) is 6.04 Å². The Hall–Kier alpha value is -0.570. The lowest BCUT2D eigenvalue weighted by Crippen LogP contribution is -2.23. The van der Waals surface area contributed by atoms with Crippen LogP contribution in [0.25, 0.3) is 0 Å². The minimum absolute atomic E-state index is 0.374. The predicted octanol–water partition coefficient (Wildman–Crippen LogP) is 4.12. The number of nitrogens with one attached hydrogen (secondary N) is 1. The Morgan fingerprint density at radius 2 is 2.17 bits per heavy atom. The van der Waals surface area contributed by atoms with E-state index in [9.17, 15) is 0 Å². The molecule has 0 saturated carbocycles. The van der Waals surface area contributed by atoms with E-state index in [2.05, 4.69) is 31.3 Å². The van der Waals surface area contributed by atoms with Crippen LogP contribution in [0.1, 0.15) is 43.4 Å². The third-order valence-corrected chi connectivity index (χ3v) is 3.33. The fourth-order valence-electron chi connectivity index (χ4n) is 2.10. The summed E-state index contributed by atoms with van der Waals surface area (Å²) in [6.45, 7) is 6.17. The quantitative estimate of drug-likeness (QED) is 0.717. The van der Waals surface area contributed by atoms with Crippen molar-refractivity contribution < 1.29 is 4.74 Å². The van der Waals surface area contributed by atoms with Gasteiger partial charge in [-0.05, 0) is 56.0 Å². The van der Waals surface area contributed by atoms with Crippen molar-refractivity contribution in [3.8, 4) is 0 Å². The number of rotatable bonds is 8. The van der Waals surface area contributed by atoms with Crippen LogP contribution >= 0.6 is 11.6 Å². The topological polar surface area (TPSA) is 21.3 Å². The molecular formula is C15H24ClNO. The second kappa shape index (κ2) is 8.52. The van der Waals surface area contributed by atoms with Crippen LogP contribution in [-0.2, 0) is 4.74 Å². The summed E-state index contributed by atoms with van der Waals surface area (Å²) in [4.78, 5) is 0. The molecule has 1 aromatic rings. The van der Waals surface area contributed by atoms with E-state index in [-0.39, 0.29) is 0 Å². The van der Waals surface area contributed by atoms with E-state index in [0.717, 1.165) is 37.4 Å². The summed E-state index contributed by atoms with van der Waals surface area (Å²) in [6.07, 6.45) is 3.28. The van der Waals surface area contributed by atoms with Gasteiger partial charge in [0.1, 0.15) is 0 Å². The Kier molecular flexibility index (Phi) is 7.33. The highest BCUT2D eigenvalue weighted by Crippen LogP contribution is 2.25. The molecule has 0 aliphatic rings. The fourth-order valence-corrected chi connectivity index (χ4v) is 2.29. The van der Waals surface area contributed by atoms with Crippen molar-refractivity contribution in [3.05, 3.63) is 34.3 Å². The maximum absolute atomic E-state index is 6.10. The zero-order valence-electron chi connectivity index (χ0n) is 11.6. The molecule has 102 valence electrons. The summed E-state index contributed by atoms with van der Waals surface area (Å²) >= 11 is 6.10. The molecule has 1 aromatic carbocycles. The Morgan fingerprint density at radius 3 is 2.83 bits per heavy atom. The normalized spacial score (nSPS) is 12.7. The lowest BCUT2D eigenvalue weighted by Gasteiger charge is -2.21. The fraction of sp³-hybridized carbons (Fsp3) is 0.600. The lowest BCUT2D eigenvalue weighted by atomic mass is 9.97. The molecule has 1 N–H and O–H groups in total. The molecule has 18 heavy (non-hydrogen) atoms. The molecule has 0 spiro atoms. The van der Waals surface area contributed by atoms with Crippen molar-refractivity contribution in [2.24, 2.45) is 0 Å². The van der Waals surface area contributed by atoms with Crippen molar-refractivity contribution in [2.45, 2.75) is 39.2 Å². The van der Waals surface area contributed by atoms with E-state index in [1.165, 1.54) is 11.1 Å². The van der Waals surface area contributed by atoms with Gasteiger partial charge in [-0.15, -0.1) is 0 Å². The van der Waals surface area contributed by atoms with E-state index in [1.807, 2.05) is 6.07 Å². The monoisotopic (exact) mass is 269 g/mol. The first-order valence-corrected chi connectivity index (χ1v) is 7.05. The zero-order valence-corrected chi connectivity index (χ0v) is 12.4. The third-order valence-electron chi connectivity index (χ3n) is 3.10. The van der Waals surface area contributed by atoms with Gasteiger partial charge in [0.2, 0.25) is 0 Å². The van der Waals surface area contributed by atoms with E-state index in [4.69, 9.17) is 16.3 Å². The summed E-state index contributed by atoms with van der Waals surface area (Å²) in [6, 6.07) is 6.50.